The second-order valence-corrected chi connectivity index (χ2v) is 2.15. The Kier molecular flexibility index (Phi) is 2.26. The highest BCUT2D eigenvalue weighted by atomic mass is 35.5. The van der Waals surface area contributed by atoms with Gasteiger partial charge in [-0.25, -0.2) is 9.97 Å². The van der Waals surface area contributed by atoms with Crippen LogP contribution >= 0.6 is 23.2 Å². The van der Waals surface area contributed by atoms with Crippen LogP contribution in [0.4, 0.5) is 5.69 Å². The lowest BCUT2D eigenvalue weighted by molar-refractivity contribution is 0.388. The van der Waals surface area contributed by atoms with Crippen LogP contribution in [0.25, 0.3) is 0 Å². The molecule has 0 fully saturated rings. The smallest absolute Gasteiger partial charge is 0.223 e. The Hall–Kier alpha value is -0.580. The van der Waals surface area contributed by atoms with Crippen molar-refractivity contribution in [3.8, 4) is 0 Å². The third kappa shape index (κ3) is 1.47. The van der Waals surface area contributed by atoms with E-state index in [1.807, 2.05) is 0 Å². The minimum atomic E-state index is 0.0454. The van der Waals surface area contributed by atoms with Crippen molar-refractivity contribution in [2.45, 2.75) is 0 Å². The lowest BCUT2D eigenvalue weighted by atomic mass is 10.6. The van der Waals surface area contributed by atoms with E-state index in [9.17, 15) is 0 Å². The predicted molar refractivity (Wildman–Crippen MR) is 37.5 cm³/mol. The molecule has 4 nitrogen and oxygen atoms in total. The fraction of sp³-hybridized carbons (Fsp3) is 0. The normalized spacial score (nSPS) is 9.50. The number of hydrogen-bond acceptors (Lipinski definition) is 4. The Morgan fingerprint density at radius 2 is 2.20 bits per heavy atom. The van der Waals surface area contributed by atoms with Crippen molar-refractivity contribution < 1.29 is 5.21 Å². The SMILES string of the molecule is ONc1cnc(Cl)nc1Cl. The fourth-order valence-electron chi connectivity index (χ4n) is 0.416. The quantitative estimate of drug-likeness (QED) is 0.391. The van der Waals surface area contributed by atoms with Gasteiger partial charge in [0.2, 0.25) is 5.28 Å². The van der Waals surface area contributed by atoms with Gasteiger partial charge in [0.15, 0.2) is 5.15 Å². The summed E-state index contributed by atoms with van der Waals surface area (Å²) < 4.78 is 0. The maximum Gasteiger partial charge on any atom is 0.223 e. The van der Waals surface area contributed by atoms with E-state index in [-0.39, 0.29) is 16.1 Å². The van der Waals surface area contributed by atoms with Gasteiger partial charge in [0.1, 0.15) is 5.69 Å². The molecule has 6 heteroatoms. The molecular weight excluding hydrogens is 177 g/mol. The van der Waals surface area contributed by atoms with Gasteiger partial charge in [0.05, 0.1) is 6.20 Å². The summed E-state index contributed by atoms with van der Waals surface area (Å²) in [5.41, 5.74) is 2.03. The van der Waals surface area contributed by atoms with Gasteiger partial charge in [-0.3, -0.25) is 10.7 Å². The summed E-state index contributed by atoms with van der Waals surface area (Å²) in [5.74, 6) is 0. The summed E-state index contributed by atoms with van der Waals surface area (Å²) in [5, 5.41) is 8.48. The molecule has 0 aliphatic rings. The minimum Gasteiger partial charge on any atom is -0.291 e. The number of aromatic nitrogens is 2. The van der Waals surface area contributed by atoms with Crippen LogP contribution in [0.5, 0.6) is 0 Å². The Bertz CT molecular complexity index is 242. The predicted octanol–water partition coefficient (Wildman–Crippen LogP) is 1.58. The molecule has 10 heavy (non-hydrogen) atoms. The first-order valence-electron chi connectivity index (χ1n) is 2.32. The van der Waals surface area contributed by atoms with E-state index < -0.39 is 0 Å². The number of halogens is 2. The Labute approximate surface area is 66.8 Å². The number of nitrogens with zero attached hydrogens (tertiary/aromatic N) is 2. The summed E-state index contributed by atoms with van der Waals surface area (Å²) in [6.45, 7) is 0. The van der Waals surface area contributed by atoms with E-state index in [0.29, 0.717) is 0 Å². The van der Waals surface area contributed by atoms with Gasteiger partial charge in [0, 0.05) is 0 Å². The van der Waals surface area contributed by atoms with E-state index in [1.165, 1.54) is 6.20 Å². The van der Waals surface area contributed by atoms with Gasteiger partial charge < -0.3 is 0 Å². The van der Waals surface area contributed by atoms with Crippen LogP contribution in [-0.4, -0.2) is 15.2 Å². The molecule has 1 aromatic heterocycles. The molecular formula is C4H3Cl2N3O. The van der Waals surface area contributed by atoms with Crippen molar-refractivity contribution >= 4 is 28.9 Å². The molecule has 0 saturated carbocycles. The van der Waals surface area contributed by atoms with Crippen LogP contribution in [0.1, 0.15) is 0 Å². The van der Waals surface area contributed by atoms with Gasteiger partial charge in [-0.15, -0.1) is 0 Å². The largest absolute Gasteiger partial charge is 0.291 e. The molecule has 0 atom stereocenters. The Balaban J connectivity index is 3.07. The average molecular weight is 180 g/mol. The number of hydrogen-bond donors (Lipinski definition) is 2. The molecule has 2 N–H and O–H groups in total. The first-order chi connectivity index (χ1) is 4.74. The monoisotopic (exact) mass is 179 g/mol. The first-order valence-corrected chi connectivity index (χ1v) is 3.08. The van der Waals surface area contributed by atoms with Crippen LogP contribution in [0, 0.1) is 0 Å². The van der Waals surface area contributed by atoms with Gasteiger partial charge in [-0.05, 0) is 11.6 Å². The summed E-state index contributed by atoms with van der Waals surface area (Å²) in [6.07, 6.45) is 1.28. The molecule has 0 aliphatic heterocycles. The van der Waals surface area contributed by atoms with Crippen molar-refractivity contribution in [2.24, 2.45) is 0 Å². The highest BCUT2D eigenvalue weighted by Crippen LogP contribution is 2.17. The van der Waals surface area contributed by atoms with E-state index in [1.54, 1.807) is 5.48 Å². The summed E-state index contributed by atoms with van der Waals surface area (Å²) >= 11 is 10.8. The molecule has 0 aromatic carbocycles. The van der Waals surface area contributed by atoms with Gasteiger partial charge in [-0.1, -0.05) is 11.6 Å². The van der Waals surface area contributed by atoms with Crippen molar-refractivity contribution in [3.63, 3.8) is 0 Å². The van der Waals surface area contributed by atoms with Gasteiger partial charge in [0.25, 0.3) is 0 Å². The van der Waals surface area contributed by atoms with Crippen molar-refractivity contribution in [2.75, 3.05) is 5.48 Å². The Morgan fingerprint density at radius 3 is 2.70 bits per heavy atom. The minimum absolute atomic E-state index is 0.0454. The van der Waals surface area contributed by atoms with E-state index in [0.717, 1.165) is 0 Å². The van der Waals surface area contributed by atoms with Crippen LogP contribution in [-0.2, 0) is 0 Å². The maximum atomic E-state index is 8.35. The molecule has 0 amide bonds. The summed E-state index contributed by atoms with van der Waals surface area (Å²) in [6, 6.07) is 0. The lowest BCUT2D eigenvalue weighted by Crippen LogP contribution is -1.93. The summed E-state index contributed by atoms with van der Waals surface area (Å²) in [7, 11) is 0. The molecule has 0 radical (unpaired) electrons. The number of anilines is 1. The van der Waals surface area contributed by atoms with Crippen molar-refractivity contribution in [1.82, 2.24) is 9.97 Å². The second-order valence-electron chi connectivity index (χ2n) is 1.46. The molecule has 54 valence electrons. The molecule has 0 saturated heterocycles. The molecule has 0 aliphatic carbocycles. The van der Waals surface area contributed by atoms with Gasteiger partial charge >= 0.3 is 0 Å². The molecule has 0 bridgehead atoms. The zero-order chi connectivity index (χ0) is 7.56. The number of nitrogens with one attached hydrogen (secondary N) is 1. The third-order valence-electron chi connectivity index (χ3n) is 0.833. The third-order valence-corrected chi connectivity index (χ3v) is 1.30. The molecule has 1 rings (SSSR count). The van der Waals surface area contributed by atoms with Crippen molar-refractivity contribution in [3.05, 3.63) is 16.6 Å². The fourth-order valence-corrected chi connectivity index (χ4v) is 0.764. The van der Waals surface area contributed by atoms with Gasteiger partial charge in [-0.2, -0.15) is 0 Å². The topological polar surface area (TPSA) is 58.0 Å². The van der Waals surface area contributed by atoms with Crippen molar-refractivity contribution in [1.29, 1.82) is 0 Å². The van der Waals surface area contributed by atoms with Crippen LogP contribution in [0.2, 0.25) is 10.4 Å². The zero-order valence-corrected chi connectivity index (χ0v) is 6.19. The van der Waals surface area contributed by atoms with E-state index in [4.69, 9.17) is 28.4 Å². The summed E-state index contributed by atoms with van der Waals surface area (Å²) in [4.78, 5) is 7.10. The molecule has 0 spiro atoms. The standard InChI is InChI=1S/C4H3Cl2N3O/c5-3-2(9-10)1-7-4(6)8-3/h1,9-10H. The molecule has 0 unspecified atom stereocenters. The van der Waals surface area contributed by atoms with Crippen LogP contribution in [0.15, 0.2) is 6.20 Å². The zero-order valence-electron chi connectivity index (χ0n) is 4.67. The first kappa shape index (κ1) is 7.53. The maximum absolute atomic E-state index is 8.35. The highest BCUT2D eigenvalue weighted by molar-refractivity contribution is 6.33. The highest BCUT2D eigenvalue weighted by Gasteiger charge is 2.00. The molecule has 1 aromatic rings. The average Bonchev–Trinajstić information content (AvgIpc) is 1.88. The second kappa shape index (κ2) is 3.01. The van der Waals surface area contributed by atoms with E-state index >= 15 is 0 Å². The Morgan fingerprint density at radius 1 is 1.50 bits per heavy atom. The lowest BCUT2D eigenvalue weighted by Gasteiger charge is -1.98. The van der Waals surface area contributed by atoms with Crippen LogP contribution in [0.3, 0.4) is 0 Å². The molecule has 1 heterocycles. The van der Waals surface area contributed by atoms with Crippen LogP contribution < -0.4 is 5.48 Å². The van der Waals surface area contributed by atoms with E-state index in [2.05, 4.69) is 9.97 Å². The number of rotatable bonds is 1.